The van der Waals surface area contributed by atoms with Crippen molar-refractivity contribution in [2.45, 2.75) is 19.8 Å². The zero-order valence-electron chi connectivity index (χ0n) is 10.7. The molecule has 0 spiro atoms. The lowest BCUT2D eigenvalue weighted by molar-refractivity contribution is -0.132. The number of aryl methyl sites for hydroxylation is 1. The molecule has 1 aliphatic heterocycles. The third-order valence-electron chi connectivity index (χ3n) is 3.20. The van der Waals surface area contributed by atoms with Crippen LogP contribution in [0.5, 0.6) is 0 Å². The Hall–Kier alpha value is -1.85. The lowest BCUT2D eigenvalue weighted by atomic mass is 9.97. The molecule has 1 aromatic heterocycles. The fourth-order valence-electron chi connectivity index (χ4n) is 2.19. The van der Waals surface area contributed by atoms with E-state index in [9.17, 15) is 9.59 Å². The van der Waals surface area contributed by atoms with Crippen molar-refractivity contribution in [3.05, 3.63) is 12.3 Å². The summed E-state index contributed by atoms with van der Waals surface area (Å²) in [6, 6.07) is 1.75. The number of nitrogens with zero attached hydrogens (tertiary/aromatic N) is 3. The Balaban J connectivity index is 1.94. The van der Waals surface area contributed by atoms with Crippen LogP contribution in [-0.2, 0) is 16.6 Å². The van der Waals surface area contributed by atoms with Crippen LogP contribution in [0.25, 0.3) is 0 Å². The Labute approximate surface area is 106 Å². The summed E-state index contributed by atoms with van der Waals surface area (Å²) < 4.78 is 1.64. The van der Waals surface area contributed by atoms with Crippen molar-refractivity contribution < 1.29 is 9.59 Å². The van der Waals surface area contributed by atoms with E-state index in [1.807, 2.05) is 0 Å². The summed E-state index contributed by atoms with van der Waals surface area (Å²) in [5, 5.41) is 6.89. The number of hydrogen-bond acceptors (Lipinski definition) is 3. The van der Waals surface area contributed by atoms with Gasteiger partial charge in [-0.1, -0.05) is 0 Å². The second-order valence-corrected chi connectivity index (χ2v) is 4.67. The lowest BCUT2D eigenvalue weighted by Gasteiger charge is -2.31. The number of aromatic nitrogens is 2. The fraction of sp³-hybridized carbons (Fsp3) is 0.583. The first-order chi connectivity index (χ1) is 8.56. The molecule has 6 nitrogen and oxygen atoms in total. The molecule has 0 saturated carbocycles. The predicted octanol–water partition coefficient (Wildman–Crippen LogP) is 0.617. The molecule has 0 aromatic carbocycles. The maximum absolute atomic E-state index is 12.0. The molecular weight excluding hydrogens is 232 g/mol. The Bertz CT molecular complexity index is 455. The van der Waals surface area contributed by atoms with E-state index in [4.69, 9.17) is 0 Å². The van der Waals surface area contributed by atoms with Gasteiger partial charge in [-0.25, -0.2) is 0 Å². The predicted molar refractivity (Wildman–Crippen MR) is 66.8 cm³/mol. The van der Waals surface area contributed by atoms with Crippen LogP contribution in [0, 0.1) is 5.92 Å². The van der Waals surface area contributed by atoms with Gasteiger partial charge in [-0.05, 0) is 12.8 Å². The molecule has 1 saturated heterocycles. The first-order valence-corrected chi connectivity index (χ1v) is 6.12. The molecule has 1 atom stereocenters. The SMILES string of the molecule is CC(=O)N1CCCC(C(=O)Nc2ccn(C)n2)C1. The number of anilines is 1. The molecule has 1 aromatic rings. The number of carbonyl (C=O) groups is 2. The minimum absolute atomic E-state index is 0.0327. The van der Waals surface area contributed by atoms with Crippen LogP contribution in [0.4, 0.5) is 5.82 Å². The highest BCUT2D eigenvalue weighted by atomic mass is 16.2. The molecule has 0 aliphatic carbocycles. The molecule has 1 N–H and O–H groups in total. The van der Waals surface area contributed by atoms with Gasteiger partial charge >= 0.3 is 0 Å². The molecule has 6 heteroatoms. The summed E-state index contributed by atoms with van der Waals surface area (Å²) >= 11 is 0. The summed E-state index contributed by atoms with van der Waals surface area (Å²) in [6.07, 6.45) is 3.47. The van der Waals surface area contributed by atoms with Gasteiger partial charge in [-0.2, -0.15) is 5.10 Å². The highest BCUT2D eigenvalue weighted by molar-refractivity contribution is 5.92. The van der Waals surface area contributed by atoms with Gasteiger partial charge in [0.25, 0.3) is 0 Å². The molecule has 18 heavy (non-hydrogen) atoms. The molecular formula is C12H18N4O2. The number of carbonyl (C=O) groups excluding carboxylic acids is 2. The van der Waals surface area contributed by atoms with E-state index in [2.05, 4.69) is 10.4 Å². The first-order valence-electron chi connectivity index (χ1n) is 6.12. The average Bonchev–Trinajstić information content (AvgIpc) is 2.75. The highest BCUT2D eigenvalue weighted by Crippen LogP contribution is 2.18. The van der Waals surface area contributed by atoms with Gasteiger partial charge in [0.15, 0.2) is 5.82 Å². The van der Waals surface area contributed by atoms with Gasteiger partial charge in [0.05, 0.1) is 5.92 Å². The largest absolute Gasteiger partial charge is 0.342 e. The summed E-state index contributed by atoms with van der Waals surface area (Å²) in [6.45, 7) is 2.80. The van der Waals surface area contributed by atoms with E-state index in [0.717, 1.165) is 19.4 Å². The molecule has 1 aliphatic rings. The van der Waals surface area contributed by atoms with Crippen molar-refractivity contribution in [2.24, 2.45) is 13.0 Å². The second-order valence-electron chi connectivity index (χ2n) is 4.67. The van der Waals surface area contributed by atoms with Gasteiger partial charge in [0, 0.05) is 39.3 Å². The molecule has 2 rings (SSSR count). The highest BCUT2D eigenvalue weighted by Gasteiger charge is 2.27. The molecule has 1 unspecified atom stereocenters. The van der Waals surface area contributed by atoms with Crippen LogP contribution in [0.15, 0.2) is 12.3 Å². The van der Waals surface area contributed by atoms with Crippen LogP contribution in [-0.4, -0.2) is 39.6 Å². The van der Waals surface area contributed by atoms with Crippen LogP contribution < -0.4 is 5.32 Å². The molecule has 1 fully saturated rings. The van der Waals surface area contributed by atoms with Crippen LogP contribution in [0.1, 0.15) is 19.8 Å². The Morgan fingerprint density at radius 2 is 2.28 bits per heavy atom. The van der Waals surface area contributed by atoms with E-state index >= 15 is 0 Å². The lowest BCUT2D eigenvalue weighted by Crippen LogP contribution is -2.42. The van der Waals surface area contributed by atoms with Crippen LogP contribution in [0.3, 0.4) is 0 Å². The van der Waals surface area contributed by atoms with Gasteiger partial charge in [0.2, 0.25) is 11.8 Å². The second kappa shape index (κ2) is 5.20. The van der Waals surface area contributed by atoms with E-state index in [1.165, 1.54) is 0 Å². The third-order valence-corrected chi connectivity index (χ3v) is 3.20. The van der Waals surface area contributed by atoms with Crippen molar-refractivity contribution in [1.29, 1.82) is 0 Å². The van der Waals surface area contributed by atoms with Crippen molar-refractivity contribution in [3.8, 4) is 0 Å². The maximum atomic E-state index is 12.0. The van der Waals surface area contributed by atoms with E-state index < -0.39 is 0 Å². The standard InChI is InChI=1S/C12H18N4O2/c1-9(17)16-6-3-4-10(8-16)12(18)13-11-5-7-15(2)14-11/h5,7,10H,3-4,6,8H2,1-2H3,(H,13,14,18). The van der Waals surface area contributed by atoms with Crippen molar-refractivity contribution in [2.75, 3.05) is 18.4 Å². The minimum Gasteiger partial charge on any atom is -0.342 e. The number of amides is 2. The average molecular weight is 250 g/mol. The normalized spacial score (nSPS) is 19.7. The monoisotopic (exact) mass is 250 g/mol. The summed E-state index contributed by atoms with van der Waals surface area (Å²) in [4.78, 5) is 25.1. The minimum atomic E-state index is -0.135. The van der Waals surface area contributed by atoms with E-state index in [0.29, 0.717) is 12.4 Å². The van der Waals surface area contributed by atoms with Crippen LogP contribution in [0.2, 0.25) is 0 Å². The summed E-state index contributed by atoms with van der Waals surface area (Å²) in [7, 11) is 1.80. The first kappa shape index (κ1) is 12.6. The topological polar surface area (TPSA) is 67.2 Å². The fourth-order valence-corrected chi connectivity index (χ4v) is 2.19. The Morgan fingerprint density at radius 1 is 1.50 bits per heavy atom. The maximum Gasteiger partial charge on any atom is 0.230 e. The number of piperidine rings is 1. The molecule has 2 amide bonds. The zero-order chi connectivity index (χ0) is 13.1. The number of likely N-dealkylation sites (tertiary alicyclic amines) is 1. The third kappa shape index (κ3) is 2.88. The van der Waals surface area contributed by atoms with E-state index in [1.54, 1.807) is 35.8 Å². The molecule has 0 radical (unpaired) electrons. The summed E-state index contributed by atoms with van der Waals surface area (Å²) in [5.74, 6) is 0.400. The summed E-state index contributed by atoms with van der Waals surface area (Å²) in [5.41, 5.74) is 0. The van der Waals surface area contributed by atoms with Crippen LogP contribution >= 0.6 is 0 Å². The number of hydrogen-bond donors (Lipinski definition) is 1. The van der Waals surface area contributed by atoms with Crippen molar-refractivity contribution >= 4 is 17.6 Å². The van der Waals surface area contributed by atoms with Gasteiger partial charge < -0.3 is 10.2 Å². The molecule has 0 bridgehead atoms. The van der Waals surface area contributed by atoms with Gasteiger partial charge in [-0.3, -0.25) is 14.3 Å². The quantitative estimate of drug-likeness (QED) is 0.836. The van der Waals surface area contributed by atoms with Gasteiger partial charge in [-0.15, -0.1) is 0 Å². The number of nitrogens with one attached hydrogen (secondary N) is 1. The smallest absolute Gasteiger partial charge is 0.230 e. The Morgan fingerprint density at radius 3 is 2.89 bits per heavy atom. The molecule has 2 heterocycles. The van der Waals surface area contributed by atoms with E-state index in [-0.39, 0.29) is 17.7 Å². The zero-order valence-corrected chi connectivity index (χ0v) is 10.7. The van der Waals surface area contributed by atoms with Gasteiger partial charge in [0.1, 0.15) is 0 Å². The Kier molecular flexibility index (Phi) is 3.64. The molecule has 98 valence electrons. The number of rotatable bonds is 2. The van der Waals surface area contributed by atoms with Crippen molar-refractivity contribution in [1.82, 2.24) is 14.7 Å². The van der Waals surface area contributed by atoms with Crippen molar-refractivity contribution in [3.63, 3.8) is 0 Å².